The molecule has 0 atom stereocenters. The van der Waals surface area contributed by atoms with Crippen molar-refractivity contribution in [1.29, 1.82) is 0 Å². The maximum Gasteiger partial charge on any atom is 0.335 e. The SMILES string of the molecule is CC(C)c1c(C(=O)O)ccc2c(Br)cccc12. The predicted octanol–water partition coefficient (Wildman–Crippen LogP) is 4.42. The van der Waals surface area contributed by atoms with E-state index in [2.05, 4.69) is 15.9 Å². The van der Waals surface area contributed by atoms with Crippen molar-refractivity contribution in [3.8, 4) is 0 Å². The number of carboxylic acid groups (broad SMARTS) is 1. The van der Waals surface area contributed by atoms with Crippen LogP contribution in [0.3, 0.4) is 0 Å². The quantitative estimate of drug-likeness (QED) is 0.889. The molecular formula is C14H13BrO2. The molecule has 0 saturated heterocycles. The fourth-order valence-corrected chi connectivity index (χ4v) is 2.65. The standard InChI is InChI=1S/C14H13BrO2/c1-8(2)13-10-4-3-5-12(15)9(10)6-7-11(13)14(16)17/h3-8H,1-2H3,(H,16,17). The lowest BCUT2D eigenvalue weighted by Crippen LogP contribution is -2.04. The average molecular weight is 293 g/mol. The molecule has 2 rings (SSSR count). The van der Waals surface area contributed by atoms with Crippen LogP contribution in [0.15, 0.2) is 34.8 Å². The Morgan fingerprint density at radius 2 is 1.88 bits per heavy atom. The van der Waals surface area contributed by atoms with E-state index in [-0.39, 0.29) is 5.92 Å². The van der Waals surface area contributed by atoms with Gasteiger partial charge >= 0.3 is 5.97 Å². The first-order valence-corrected chi connectivity index (χ1v) is 6.26. The van der Waals surface area contributed by atoms with Crippen LogP contribution < -0.4 is 0 Å². The summed E-state index contributed by atoms with van der Waals surface area (Å²) in [5, 5.41) is 11.3. The van der Waals surface area contributed by atoms with E-state index >= 15 is 0 Å². The number of fused-ring (bicyclic) bond motifs is 1. The van der Waals surface area contributed by atoms with Crippen molar-refractivity contribution in [2.75, 3.05) is 0 Å². The van der Waals surface area contributed by atoms with Crippen molar-refractivity contribution in [3.63, 3.8) is 0 Å². The minimum atomic E-state index is -0.865. The number of rotatable bonds is 2. The van der Waals surface area contributed by atoms with Gasteiger partial charge in [-0.3, -0.25) is 0 Å². The van der Waals surface area contributed by atoms with Crippen LogP contribution in [0.25, 0.3) is 10.8 Å². The van der Waals surface area contributed by atoms with Crippen LogP contribution >= 0.6 is 15.9 Å². The Labute approximate surface area is 108 Å². The molecular weight excluding hydrogens is 280 g/mol. The second kappa shape index (κ2) is 4.49. The molecule has 2 aromatic carbocycles. The summed E-state index contributed by atoms with van der Waals surface area (Å²) in [4.78, 5) is 11.2. The molecule has 1 N–H and O–H groups in total. The molecule has 2 aromatic rings. The Bertz CT molecular complexity index is 588. The van der Waals surface area contributed by atoms with Crippen molar-refractivity contribution in [3.05, 3.63) is 45.9 Å². The topological polar surface area (TPSA) is 37.3 Å². The van der Waals surface area contributed by atoms with Gasteiger partial charge in [0.05, 0.1) is 5.56 Å². The molecule has 0 aliphatic heterocycles. The highest BCUT2D eigenvalue weighted by Gasteiger charge is 2.16. The molecule has 0 heterocycles. The zero-order chi connectivity index (χ0) is 12.6. The minimum Gasteiger partial charge on any atom is -0.478 e. The molecule has 0 aliphatic rings. The van der Waals surface area contributed by atoms with Gasteiger partial charge in [-0.05, 0) is 34.4 Å². The van der Waals surface area contributed by atoms with Crippen LogP contribution in [0, 0.1) is 0 Å². The minimum absolute atomic E-state index is 0.180. The number of halogens is 1. The highest BCUT2D eigenvalue weighted by Crippen LogP contribution is 2.32. The molecule has 17 heavy (non-hydrogen) atoms. The molecule has 88 valence electrons. The van der Waals surface area contributed by atoms with Gasteiger partial charge in [-0.1, -0.05) is 48.0 Å². The van der Waals surface area contributed by atoms with E-state index in [1.165, 1.54) is 0 Å². The predicted molar refractivity (Wildman–Crippen MR) is 72.7 cm³/mol. The normalized spacial score (nSPS) is 11.1. The third-order valence-corrected chi connectivity index (χ3v) is 3.55. The monoisotopic (exact) mass is 292 g/mol. The van der Waals surface area contributed by atoms with Gasteiger partial charge in [-0.15, -0.1) is 0 Å². The fraction of sp³-hybridized carbons (Fsp3) is 0.214. The zero-order valence-electron chi connectivity index (χ0n) is 9.70. The Balaban J connectivity index is 2.89. The van der Waals surface area contributed by atoms with E-state index in [9.17, 15) is 9.90 Å². The van der Waals surface area contributed by atoms with Crippen LogP contribution in [0.2, 0.25) is 0 Å². The summed E-state index contributed by atoms with van der Waals surface area (Å²) >= 11 is 3.49. The van der Waals surface area contributed by atoms with Gasteiger partial charge < -0.3 is 5.11 Å². The summed E-state index contributed by atoms with van der Waals surface area (Å²) in [5.41, 5.74) is 1.29. The molecule has 0 aliphatic carbocycles. The molecule has 0 aromatic heterocycles. The van der Waals surface area contributed by atoms with Gasteiger partial charge in [0, 0.05) is 4.47 Å². The Morgan fingerprint density at radius 1 is 1.18 bits per heavy atom. The molecule has 0 radical (unpaired) electrons. The fourth-order valence-electron chi connectivity index (χ4n) is 2.15. The van der Waals surface area contributed by atoms with Gasteiger partial charge in [0.1, 0.15) is 0 Å². The molecule has 2 nitrogen and oxygen atoms in total. The highest BCUT2D eigenvalue weighted by molar-refractivity contribution is 9.10. The molecule has 0 fully saturated rings. The summed E-state index contributed by atoms with van der Waals surface area (Å²) in [5.74, 6) is -0.685. The summed E-state index contributed by atoms with van der Waals surface area (Å²) in [7, 11) is 0. The first-order valence-electron chi connectivity index (χ1n) is 5.46. The summed E-state index contributed by atoms with van der Waals surface area (Å²) in [6.07, 6.45) is 0. The van der Waals surface area contributed by atoms with Crippen molar-refractivity contribution in [2.24, 2.45) is 0 Å². The Morgan fingerprint density at radius 3 is 2.47 bits per heavy atom. The van der Waals surface area contributed by atoms with Gasteiger partial charge in [0.15, 0.2) is 0 Å². The van der Waals surface area contributed by atoms with Crippen LogP contribution in [0.1, 0.15) is 35.7 Å². The smallest absolute Gasteiger partial charge is 0.335 e. The van der Waals surface area contributed by atoms with E-state index in [1.54, 1.807) is 6.07 Å². The number of benzene rings is 2. The molecule has 0 bridgehead atoms. The number of hydrogen-bond donors (Lipinski definition) is 1. The molecule has 0 spiro atoms. The lowest BCUT2D eigenvalue weighted by molar-refractivity contribution is 0.0695. The van der Waals surface area contributed by atoms with E-state index < -0.39 is 5.97 Å². The number of aromatic carboxylic acids is 1. The molecule has 0 unspecified atom stereocenters. The van der Waals surface area contributed by atoms with Gasteiger partial charge in [0.2, 0.25) is 0 Å². The summed E-state index contributed by atoms with van der Waals surface area (Å²) < 4.78 is 0.994. The Hall–Kier alpha value is -1.35. The highest BCUT2D eigenvalue weighted by atomic mass is 79.9. The third-order valence-electron chi connectivity index (χ3n) is 2.86. The van der Waals surface area contributed by atoms with Crippen molar-refractivity contribution in [1.82, 2.24) is 0 Å². The van der Waals surface area contributed by atoms with Gasteiger partial charge in [-0.2, -0.15) is 0 Å². The largest absolute Gasteiger partial charge is 0.478 e. The lowest BCUT2D eigenvalue weighted by Gasteiger charge is -2.14. The average Bonchev–Trinajstić information content (AvgIpc) is 2.27. The first kappa shape index (κ1) is 12.1. The van der Waals surface area contributed by atoms with Crippen molar-refractivity contribution >= 4 is 32.7 Å². The number of hydrogen-bond acceptors (Lipinski definition) is 1. The summed E-state index contributed by atoms with van der Waals surface area (Å²) in [6.45, 7) is 4.03. The second-order valence-electron chi connectivity index (χ2n) is 4.32. The molecule has 0 saturated carbocycles. The summed E-state index contributed by atoms with van der Waals surface area (Å²) in [6, 6.07) is 9.41. The van der Waals surface area contributed by atoms with E-state index in [0.29, 0.717) is 5.56 Å². The molecule has 0 amide bonds. The number of carboxylic acids is 1. The zero-order valence-corrected chi connectivity index (χ0v) is 11.3. The van der Waals surface area contributed by atoms with Crippen molar-refractivity contribution < 1.29 is 9.90 Å². The van der Waals surface area contributed by atoms with Crippen LogP contribution in [-0.4, -0.2) is 11.1 Å². The maximum absolute atomic E-state index is 11.2. The van der Waals surface area contributed by atoms with Crippen LogP contribution in [0.4, 0.5) is 0 Å². The maximum atomic E-state index is 11.2. The second-order valence-corrected chi connectivity index (χ2v) is 5.18. The lowest BCUT2D eigenvalue weighted by atomic mass is 9.91. The van der Waals surface area contributed by atoms with Gasteiger partial charge in [0.25, 0.3) is 0 Å². The molecule has 3 heteroatoms. The third kappa shape index (κ3) is 2.07. The Kier molecular flexibility index (Phi) is 3.20. The van der Waals surface area contributed by atoms with Gasteiger partial charge in [-0.25, -0.2) is 4.79 Å². The van der Waals surface area contributed by atoms with Crippen LogP contribution in [-0.2, 0) is 0 Å². The van der Waals surface area contributed by atoms with E-state index in [1.807, 2.05) is 38.1 Å². The van der Waals surface area contributed by atoms with E-state index in [4.69, 9.17) is 0 Å². The van der Waals surface area contributed by atoms with Crippen LogP contribution in [0.5, 0.6) is 0 Å². The number of carbonyl (C=O) groups is 1. The van der Waals surface area contributed by atoms with E-state index in [0.717, 1.165) is 20.8 Å². The van der Waals surface area contributed by atoms with Crippen molar-refractivity contribution in [2.45, 2.75) is 19.8 Å². The first-order chi connectivity index (χ1) is 8.02.